The largest absolute Gasteiger partial charge is 0.348 e. The minimum atomic E-state index is -1.23. The van der Waals surface area contributed by atoms with E-state index in [-0.39, 0.29) is 6.61 Å². The number of alkyl halides is 1. The summed E-state index contributed by atoms with van der Waals surface area (Å²) in [7, 11) is 0. The second-order valence-electron chi connectivity index (χ2n) is 4.55. The van der Waals surface area contributed by atoms with Crippen molar-refractivity contribution in [2.45, 2.75) is 64.5 Å². The summed E-state index contributed by atoms with van der Waals surface area (Å²) < 4.78 is 24.3. The van der Waals surface area contributed by atoms with Crippen molar-refractivity contribution < 1.29 is 13.9 Å². The van der Waals surface area contributed by atoms with Crippen LogP contribution in [-0.2, 0) is 9.47 Å². The van der Waals surface area contributed by atoms with Crippen molar-refractivity contribution >= 4 is 0 Å². The Kier molecular flexibility index (Phi) is 5.24. The Morgan fingerprint density at radius 2 is 2.19 bits per heavy atom. The standard InChI is InChI=1S/C13H21FO2/c1-4-5-6-7-8-9-11(14)12-10-15-13(2,3)16-12/h11-12H,4-7,10H2,1-3H3/t11?,12-/m1/s1. The first-order valence-electron chi connectivity index (χ1n) is 5.99. The molecule has 1 aliphatic rings. The van der Waals surface area contributed by atoms with Crippen molar-refractivity contribution in [1.82, 2.24) is 0 Å². The average molecular weight is 228 g/mol. The fourth-order valence-electron chi connectivity index (χ4n) is 1.59. The zero-order chi connectivity index (χ0) is 12.0. The summed E-state index contributed by atoms with van der Waals surface area (Å²) in [6.45, 7) is 6.00. The highest BCUT2D eigenvalue weighted by Gasteiger charge is 2.36. The second kappa shape index (κ2) is 6.22. The van der Waals surface area contributed by atoms with E-state index in [1.807, 2.05) is 0 Å². The Hall–Kier alpha value is -0.590. The monoisotopic (exact) mass is 228 g/mol. The topological polar surface area (TPSA) is 18.5 Å². The van der Waals surface area contributed by atoms with Crippen LogP contribution in [0.2, 0.25) is 0 Å². The van der Waals surface area contributed by atoms with E-state index in [4.69, 9.17) is 9.47 Å². The third-order valence-electron chi connectivity index (χ3n) is 2.50. The van der Waals surface area contributed by atoms with Crippen molar-refractivity contribution in [2.24, 2.45) is 0 Å². The van der Waals surface area contributed by atoms with Crippen LogP contribution in [-0.4, -0.2) is 24.7 Å². The van der Waals surface area contributed by atoms with E-state index in [1.54, 1.807) is 13.8 Å². The Labute approximate surface area is 97.5 Å². The minimum Gasteiger partial charge on any atom is -0.348 e. The molecule has 92 valence electrons. The van der Waals surface area contributed by atoms with Gasteiger partial charge in [0.05, 0.1) is 6.61 Å². The molecular weight excluding hydrogens is 207 g/mol. The maximum Gasteiger partial charge on any atom is 0.188 e. The van der Waals surface area contributed by atoms with Gasteiger partial charge in [-0.05, 0) is 20.3 Å². The lowest BCUT2D eigenvalue weighted by Gasteiger charge is -2.17. The quantitative estimate of drug-likeness (QED) is 0.544. The molecule has 1 heterocycles. The molecule has 2 atom stereocenters. The Balaban J connectivity index is 2.27. The van der Waals surface area contributed by atoms with Gasteiger partial charge in [-0.25, -0.2) is 4.39 Å². The summed E-state index contributed by atoms with van der Waals surface area (Å²) in [4.78, 5) is 0. The number of hydrogen-bond donors (Lipinski definition) is 0. The molecule has 0 aromatic carbocycles. The molecule has 0 bridgehead atoms. The summed E-state index contributed by atoms with van der Waals surface area (Å²) in [5.41, 5.74) is 0. The molecule has 0 saturated carbocycles. The summed E-state index contributed by atoms with van der Waals surface area (Å²) in [6, 6.07) is 0. The van der Waals surface area contributed by atoms with Crippen LogP contribution in [0.4, 0.5) is 4.39 Å². The summed E-state index contributed by atoms with van der Waals surface area (Å²) in [6.07, 6.45) is 2.36. The van der Waals surface area contributed by atoms with Crippen LogP contribution in [0.25, 0.3) is 0 Å². The Morgan fingerprint density at radius 1 is 1.44 bits per heavy atom. The van der Waals surface area contributed by atoms with Crippen molar-refractivity contribution in [3.05, 3.63) is 0 Å². The van der Waals surface area contributed by atoms with Crippen molar-refractivity contribution in [1.29, 1.82) is 0 Å². The molecular formula is C13H21FO2. The van der Waals surface area contributed by atoms with Gasteiger partial charge in [0.2, 0.25) is 0 Å². The van der Waals surface area contributed by atoms with Crippen LogP contribution < -0.4 is 0 Å². The van der Waals surface area contributed by atoms with E-state index >= 15 is 0 Å². The molecule has 1 rings (SSSR count). The highest BCUT2D eigenvalue weighted by atomic mass is 19.1. The number of halogens is 1. The summed E-state index contributed by atoms with van der Waals surface area (Å²) in [5.74, 6) is 4.80. The first-order chi connectivity index (χ1) is 7.55. The summed E-state index contributed by atoms with van der Waals surface area (Å²) >= 11 is 0. The fourth-order valence-corrected chi connectivity index (χ4v) is 1.59. The van der Waals surface area contributed by atoms with Gasteiger partial charge in [0.25, 0.3) is 0 Å². The van der Waals surface area contributed by atoms with Crippen molar-refractivity contribution in [3.8, 4) is 11.8 Å². The molecule has 16 heavy (non-hydrogen) atoms. The van der Waals surface area contributed by atoms with E-state index in [0.717, 1.165) is 25.7 Å². The Bertz CT molecular complexity index is 265. The summed E-state index contributed by atoms with van der Waals surface area (Å²) in [5, 5.41) is 0. The second-order valence-corrected chi connectivity index (χ2v) is 4.55. The molecule has 1 aliphatic heterocycles. The predicted molar refractivity (Wildman–Crippen MR) is 61.7 cm³/mol. The van der Waals surface area contributed by atoms with Gasteiger partial charge >= 0.3 is 0 Å². The number of ether oxygens (including phenoxy) is 2. The SMILES string of the molecule is CCCCCC#CC(F)[C@H]1COC(C)(C)O1. The highest BCUT2D eigenvalue weighted by Crippen LogP contribution is 2.25. The molecule has 0 aromatic heterocycles. The lowest BCUT2D eigenvalue weighted by molar-refractivity contribution is -0.142. The lowest BCUT2D eigenvalue weighted by atomic mass is 10.2. The van der Waals surface area contributed by atoms with Gasteiger partial charge < -0.3 is 9.47 Å². The maximum atomic E-state index is 13.6. The van der Waals surface area contributed by atoms with Gasteiger partial charge in [-0.2, -0.15) is 0 Å². The molecule has 0 spiro atoms. The lowest BCUT2D eigenvalue weighted by Crippen LogP contribution is -2.26. The number of unbranched alkanes of at least 4 members (excludes halogenated alkanes) is 3. The molecule has 0 N–H and O–H groups in total. The van der Waals surface area contributed by atoms with Crippen LogP contribution in [0.3, 0.4) is 0 Å². The number of rotatable bonds is 4. The molecule has 0 amide bonds. The molecule has 0 aliphatic carbocycles. The molecule has 1 fully saturated rings. The normalized spacial score (nSPS) is 24.9. The van der Waals surface area contributed by atoms with Gasteiger partial charge in [-0.1, -0.05) is 25.7 Å². The van der Waals surface area contributed by atoms with Crippen LogP contribution in [0.1, 0.15) is 46.5 Å². The van der Waals surface area contributed by atoms with Gasteiger partial charge in [-0.3, -0.25) is 0 Å². The first-order valence-corrected chi connectivity index (χ1v) is 5.99. The first kappa shape index (κ1) is 13.5. The zero-order valence-electron chi connectivity index (χ0n) is 10.4. The van der Waals surface area contributed by atoms with Crippen LogP contribution in [0, 0.1) is 11.8 Å². The van der Waals surface area contributed by atoms with E-state index in [1.165, 1.54) is 0 Å². The van der Waals surface area contributed by atoms with E-state index in [9.17, 15) is 4.39 Å². The van der Waals surface area contributed by atoms with E-state index in [2.05, 4.69) is 18.8 Å². The zero-order valence-corrected chi connectivity index (χ0v) is 10.4. The highest BCUT2D eigenvalue weighted by molar-refractivity contribution is 5.08. The molecule has 0 aromatic rings. The third-order valence-corrected chi connectivity index (χ3v) is 2.50. The minimum absolute atomic E-state index is 0.289. The fraction of sp³-hybridized carbons (Fsp3) is 0.846. The van der Waals surface area contributed by atoms with Crippen LogP contribution in [0.15, 0.2) is 0 Å². The van der Waals surface area contributed by atoms with Gasteiger partial charge in [0.1, 0.15) is 6.10 Å². The smallest absolute Gasteiger partial charge is 0.188 e. The Morgan fingerprint density at radius 3 is 2.75 bits per heavy atom. The van der Waals surface area contributed by atoms with Crippen molar-refractivity contribution in [3.63, 3.8) is 0 Å². The molecule has 1 saturated heterocycles. The molecule has 0 radical (unpaired) electrons. The van der Waals surface area contributed by atoms with Crippen LogP contribution >= 0.6 is 0 Å². The average Bonchev–Trinajstić information content (AvgIpc) is 2.58. The van der Waals surface area contributed by atoms with E-state index < -0.39 is 18.1 Å². The molecule has 3 heteroatoms. The molecule has 1 unspecified atom stereocenters. The van der Waals surface area contributed by atoms with Gasteiger partial charge in [-0.15, -0.1) is 5.92 Å². The maximum absolute atomic E-state index is 13.6. The predicted octanol–water partition coefficient (Wildman–Crippen LogP) is 3.06. The molecule has 2 nitrogen and oxygen atoms in total. The van der Waals surface area contributed by atoms with Crippen molar-refractivity contribution in [2.75, 3.05) is 6.61 Å². The third kappa shape index (κ3) is 4.51. The van der Waals surface area contributed by atoms with Crippen LogP contribution in [0.5, 0.6) is 0 Å². The number of hydrogen-bond acceptors (Lipinski definition) is 2. The van der Waals surface area contributed by atoms with Gasteiger partial charge in [0, 0.05) is 6.42 Å². The van der Waals surface area contributed by atoms with E-state index in [0.29, 0.717) is 0 Å². The van der Waals surface area contributed by atoms with Gasteiger partial charge in [0.15, 0.2) is 12.0 Å².